The van der Waals surface area contributed by atoms with Crippen LogP contribution in [0.4, 0.5) is 11.4 Å². The number of rotatable bonds is 4. The molecule has 1 aromatic carbocycles. The van der Waals surface area contributed by atoms with E-state index in [1.807, 2.05) is 38.1 Å². The number of aromatic nitrogens is 1. The van der Waals surface area contributed by atoms with E-state index >= 15 is 0 Å². The third-order valence-electron chi connectivity index (χ3n) is 3.20. The van der Waals surface area contributed by atoms with Gasteiger partial charge in [-0.3, -0.25) is 9.78 Å². The molecule has 20 heavy (non-hydrogen) atoms. The van der Waals surface area contributed by atoms with Crippen LogP contribution in [0.2, 0.25) is 0 Å². The zero-order valence-electron chi connectivity index (χ0n) is 12.1. The first-order chi connectivity index (χ1) is 9.67. The second kappa shape index (κ2) is 6.19. The van der Waals surface area contributed by atoms with Crippen LogP contribution < -0.4 is 10.2 Å². The van der Waals surface area contributed by atoms with E-state index in [9.17, 15) is 4.79 Å². The maximum absolute atomic E-state index is 12.7. The molecule has 0 aliphatic heterocycles. The largest absolute Gasteiger partial charge is 0.387 e. The van der Waals surface area contributed by atoms with Gasteiger partial charge in [0.05, 0.1) is 5.56 Å². The molecule has 0 saturated heterocycles. The van der Waals surface area contributed by atoms with Crippen molar-refractivity contribution >= 4 is 17.3 Å². The van der Waals surface area contributed by atoms with Gasteiger partial charge in [0.2, 0.25) is 0 Å². The minimum Gasteiger partial charge on any atom is -0.387 e. The molecule has 2 rings (SSSR count). The van der Waals surface area contributed by atoms with Crippen molar-refractivity contribution in [2.24, 2.45) is 0 Å². The average Bonchev–Trinajstić information content (AvgIpc) is 2.48. The minimum atomic E-state index is -0.0458. The number of carbonyl (C=O) groups excluding carboxylic acids is 1. The van der Waals surface area contributed by atoms with Crippen LogP contribution in [0.25, 0.3) is 0 Å². The molecule has 1 aromatic heterocycles. The third kappa shape index (κ3) is 2.79. The summed E-state index contributed by atoms with van der Waals surface area (Å²) in [6.07, 6.45) is 3.28. The fourth-order valence-corrected chi connectivity index (χ4v) is 2.17. The zero-order valence-corrected chi connectivity index (χ0v) is 12.1. The Morgan fingerprint density at radius 2 is 2.15 bits per heavy atom. The van der Waals surface area contributed by atoms with Gasteiger partial charge < -0.3 is 10.2 Å². The van der Waals surface area contributed by atoms with Crippen molar-refractivity contribution in [3.8, 4) is 0 Å². The molecule has 0 bridgehead atoms. The summed E-state index contributed by atoms with van der Waals surface area (Å²) in [7, 11) is 1.80. The predicted octanol–water partition coefficient (Wildman–Crippen LogP) is 3.10. The van der Waals surface area contributed by atoms with E-state index in [4.69, 9.17) is 0 Å². The van der Waals surface area contributed by atoms with E-state index in [0.29, 0.717) is 12.1 Å². The number of hydrogen-bond acceptors (Lipinski definition) is 3. The van der Waals surface area contributed by atoms with Gasteiger partial charge in [-0.2, -0.15) is 0 Å². The number of nitrogens with one attached hydrogen (secondary N) is 1. The molecule has 1 N–H and O–H groups in total. The Labute approximate surface area is 119 Å². The summed E-state index contributed by atoms with van der Waals surface area (Å²) in [5.74, 6) is -0.0458. The first-order valence-electron chi connectivity index (χ1n) is 6.67. The molecular weight excluding hydrogens is 250 g/mol. The Hall–Kier alpha value is -2.36. The van der Waals surface area contributed by atoms with Gasteiger partial charge >= 0.3 is 0 Å². The van der Waals surface area contributed by atoms with Crippen LogP contribution in [0.1, 0.15) is 22.8 Å². The Morgan fingerprint density at radius 3 is 2.80 bits per heavy atom. The summed E-state index contributed by atoms with van der Waals surface area (Å²) >= 11 is 0. The van der Waals surface area contributed by atoms with Crippen LogP contribution >= 0.6 is 0 Å². The lowest BCUT2D eigenvalue weighted by Crippen LogP contribution is -2.31. The lowest BCUT2D eigenvalue weighted by Gasteiger charge is -2.22. The van der Waals surface area contributed by atoms with E-state index in [-0.39, 0.29) is 5.91 Å². The van der Waals surface area contributed by atoms with Crippen LogP contribution in [0.5, 0.6) is 0 Å². The highest BCUT2D eigenvalue weighted by molar-refractivity contribution is 6.09. The molecular formula is C16H19N3O. The molecule has 0 atom stereocenters. The SMILES string of the molecule is CCN(C(=O)c1cnccc1NC)c1cccc(C)c1. The number of amides is 1. The normalized spacial score (nSPS) is 10.2. The summed E-state index contributed by atoms with van der Waals surface area (Å²) in [6, 6.07) is 9.74. The Bertz CT molecular complexity index is 610. The molecule has 0 saturated carbocycles. The number of benzene rings is 1. The second-order valence-electron chi connectivity index (χ2n) is 4.56. The summed E-state index contributed by atoms with van der Waals surface area (Å²) in [5.41, 5.74) is 3.41. The van der Waals surface area contributed by atoms with Crippen molar-refractivity contribution in [1.82, 2.24) is 4.98 Å². The van der Waals surface area contributed by atoms with Gasteiger partial charge in [-0.05, 0) is 37.6 Å². The number of aryl methyl sites for hydroxylation is 1. The standard InChI is InChI=1S/C16H19N3O/c1-4-19(13-7-5-6-12(2)10-13)16(20)14-11-18-9-8-15(14)17-3/h5-11H,4H2,1-3H3,(H,17,18). The number of carbonyl (C=O) groups is 1. The van der Waals surface area contributed by atoms with Gasteiger partial charge in [0.15, 0.2) is 0 Å². The number of anilines is 2. The highest BCUT2D eigenvalue weighted by Crippen LogP contribution is 2.21. The van der Waals surface area contributed by atoms with Gasteiger partial charge in [-0.15, -0.1) is 0 Å². The lowest BCUT2D eigenvalue weighted by molar-refractivity contribution is 0.0989. The van der Waals surface area contributed by atoms with E-state index in [1.165, 1.54) is 0 Å². The summed E-state index contributed by atoms with van der Waals surface area (Å²) in [4.78, 5) is 18.5. The van der Waals surface area contributed by atoms with Crippen LogP contribution in [0.15, 0.2) is 42.7 Å². The van der Waals surface area contributed by atoms with Crippen molar-refractivity contribution in [1.29, 1.82) is 0 Å². The Balaban J connectivity index is 2.39. The Morgan fingerprint density at radius 1 is 1.35 bits per heavy atom. The molecule has 1 amide bonds. The van der Waals surface area contributed by atoms with Gasteiger partial charge in [0.25, 0.3) is 5.91 Å². The molecule has 0 fully saturated rings. The highest BCUT2D eigenvalue weighted by atomic mass is 16.2. The molecule has 0 radical (unpaired) electrons. The van der Waals surface area contributed by atoms with Crippen molar-refractivity contribution in [2.45, 2.75) is 13.8 Å². The first kappa shape index (κ1) is 14.1. The number of hydrogen-bond donors (Lipinski definition) is 1. The molecule has 0 unspecified atom stereocenters. The van der Waals surface area contributed by atoms with Gasteiger partial charge in [-0.25, -0.2) is 0 Å². The highest BCUT2D eigenvalue weighted by Gasteiger charge is 2.19. The molecule has 1 heterocycles. The van der Waals surface area contributed by atoms with E-state index < -0.39 is 0 Å². The molecule has 2 aromatic rings. The van der Waals surface area contributed by atoms with Crippen LogP contribution in [0.3, 0.4) is 0 Å². The minimum absolute atomic E-state index is 0.0458. The summed E-state index contributed by atoms with van der Waals surface area (Å²) < 4.78 is 0. The predicted molar refractivity (Wildman–Crippen MR) is 82.3 cm³/mol. The maximum Gasteiger partial charge on any atom is 0.261 e. The number of nitrogens with zero attached hydrogens (tertiary/aromatic N) is 2. The van der Waals surface area contributed by atoms with Crippen LogP contribution in [-0.2, 0) is 0 Å². The summed E-state index contributed by atoms with van der Waals surface area (Å²) in [6.45, 7) is 4.60. The molecule has 0 aliphatic rings. The first-order valence-corrected chi connectivity index (χ1v) is 6.67. The average molecular weight is 269 g/mol. The lowest BCUT2D eigenvalue weighted by atomic mass is 10.1. The fraction of sp³-hybridized carbons (Fsp3) is 0.250. The van der Waals surface area contributed by atoms with Gasteiger partial charge in [-0.1, -0.05) is 12.1 Å². The van der Waals surface area contributed by atoms with Crippen molar-refractivity contribution < 1.29 is 4.79 Å². The monoisotopic (exact) mass is 269 g/mol. The van der Waals surface area contributed by atoms with E-state index in [2.05, 4.69) is 10.3 Å². The maximum atomic E-state index is 12.7. The molecule has 4 nitrogen and oxygen atoms in total. The topological polar surface area (TPSA) is 45.2 Å². The molecule has 4 heteroatoms. The van der Waals surface area contributed by atoms with Gasteiger partial charge in [0.1, 0.15) is 0 Å². The van der Waals surface area contributed by atoms with E-state index in [1.54, 1.807) is 30.4 Å². The third-order valence-corrected chi connectivity index (χ3v) is 3.20. The van der Waals surface area contributed by atoms with Crippen LogP contribution in [0, 0.1) is 6.92 Å². The van der Waals surface area contributed by atoms with Crippen molar-refractivity contribution in [3.05, 3.63) is 53.9 Å². The van der Waals surface area contributed by atoms with Crippen molar-refractivity contribution in [3.63, 3.8) is 0 Å². The molecule has 104 valence electrons. The second-order valence-corrected chi connectivity index (χ2v) is 4.56. The fourth-order valence-electron chi connectivity index (χ4n) is 2.17. The van der Waals surface area contributed by atoms with E-state index in [0.717, 1.165) is 16.9 Å². The smallest absolute Gasteiger partial charge is 0.261 e. The van der Waals surface area contributed by atoms with Gasteiger partial charge in [0, 0.05) is 37.4 Å². The summed E-state index contributed by atoms with van der Waals surface area (Å²) in [5, 5.41) is 3.03. The number of pyridine rings is 1. The zero-order chi connectivity index (χ0) is 14.5. The van der Waals surface area contributed by atoms with Crippen LogP contribution in [-0.4, -0.2) is 24.5 Å². The quantitative estimate of drug-likeness (QED) is 0.927. The van der Waals surface area contributed by atoms with Crippen molar-refractivity contribution in [2.75, 3.05) is 23.8 Å². The molecule has 0 spiro atoms. The molecule has 0 aliphatic carbocycles. The Kier molecular flexibility index (Phi) is 4.35.